The molecule has 4 heterocycles. The number of rotatable bonds is 7. The number of carbonyl (C=O) groups is 1. The fourth-order valence-corrected chi connectivity index (χ4v) is 5.08. The van der Waals surface area contributed by atoms with Crippen molar-refractivity contribution in [3.8, 4) is 0 Å². The van der Waals surface area contributed by atoms with Crippen molar-refractivity contribution in [2.75, 3.05) is 18.5 Å². The number of thiophene rings is 1. The summed E-state index contributed by atoms with van der Waals surface area (Å²) in [5.41, 5.74) is 2.82. The Bertz CT molecular complexity index is 1310. The third kappa shape index (κ3) is 3.31. The molecule has 148 valence electrons. The topological polar surface area (TPSA) is 73.5 Å². The molecule has 0 aliphatic heterocycles. The molecular formula is C20H19N5O2S2. The maximum Gasteiger partial charge on any atom is 0.268 e. The van der Waals surface area contributed by atoms with Crippen molar-refractivity contribution < 1.29 is 9.53 Å². The lowest BCUT2D eigenvalue weighted by Gasteiger charge is -2.09. The molecule has 0 saturated carbocycles. The van der Waals surface area contributed by atoms with Gasteiger partial charge < -0.3 is 9.30 Å². The average molecular weight is 426 g/mol. The first kappa shape index (κ1) is 18.3. The van der Waals surface area contributed by atoms with Crippen LogP contribution < -0.4 is 5.32 Å². The number of hydrogen-bond donors (Lipinski definition) is 1. The Morgan fingerprint density at radius 2 is 2.14 bits per heavy atom. The molecule has 29 heavy (non-hydrogen) atoms. The number of aromatic nitrogens is 4. The van der Waals surface area contributed by atoms with E-state index in [9.17, 15) is 4.79 Å². The van der Waals surface area contributed by atoms with E-state index < -0.39 is 0 Å². The molecule has 0 saturated heterocycles. The van der Waals surface area contributed by atoms with Crippen LogP contribution >= 0.6 is 22.7 Å². The van der Waals surface area contributed by atoms with E-state index in [0.717, 1.165) is 39.3 Å². The molecule has 0 atom stereocenters. The number of benzene rings is 1. The zero-order chi connectivity index (χ0) is 19.8. The lowest BCUT2D eigenvalue weighted by Crippen LogP contribution is -2.15. The fraction of sp³-hybridized carbons (Fsp3) is 0.250. The molecule has 0 bridgehead atoms. The number of carbonyl (C=O) groups excluding carboxylic acids is 1. The van der Waals surface area contributed by atoms with E-state index in [-0.39, 0.29) is 5.91 Å². The minimum atomic E-state index is -0.168. The number of fused-ring (bicyclic) bond motifs is 4. The van der Waals surface area contributed by atoms with Gasteiger partial charge in [-0.3, -0.25) is 14.5 Å². The summed E-state index contributed by atoms with van der Waals surface area (Å²) in [6, 6.07) is 9.80. The van der Waals surface area contributed by atoms with Gasteiger partial charge in [0, 0.05) is 31.3 Å². The average Bonchev–Trinajstić information content (AvgIpc) is 3.46. The molecule has 7 nitrogen and oxygen atoms in total. The van der Waals surface area contributed by atoms with Crippen molar-refractivity contribution in [1.29, 1.82) is 0 Å². The predicted molar refractivity (Wildman–Crippen MR) is 117 cm³/mol. The Morgan fingerprint density at radius 1 is 1.24 bits per heavy atom. The maximum absolute atomic E-state index is 12.9. The van der Waals surface area contributed by atoms with Crippen LogP contribution in [-0.2, 0) is 11.3 Å². The molecule has 1 N–H and O–H groups in total. The van der Waals surface area contributed by atoms with Crippen LogP contribution in [0.25, 0.3) is 26.3 Å². The van der Waals surface area contributed by atoms with Gasteiger partial charge in [0.2, 0.25) is 5.95 Å². The smallest absolute Gasteiger partial charge is 0.268 e. The largest absolute Gasteiger partial charge is 0.382 e. The van der Waals surface area contributed by atoms with Gasteiger partial charge in [-0.2, -0.15) is 0 Å². The molecule has 0 fully saturated rings. The highest BCUT2D eigenvalue weighted by Crippen LogP contribution is 2.29. The van der Waals surface area contributed by atoms with Gasteiger partial charge in [0.25, 0.3) is 5.91 Å². The highest BCUT2D eigenvalue weighted by atomic mass is 32.1. The van der Waals surface area contributed by atoms with Gasteiger partial charge in [0.1, 0.15) is 4.83 Å². The summed E-state index contributed by atoms with van der Waals surface area (Å²) >= 11 is 2.98. The molecule has 0 unspecified atom stereocenters. The predicted octanol–water partition coefficient (Wildman–Crippen LogP) is 4.64. The molecule has 4 aromatic heterocycles. The van der Waals surface area contributed by atoms with Crippen molar-refractivity contribution in [3.05, 3.63) is 46.8 Å². The van der Waals surface area contributed by atoms with Crippen molar-refractivity contribution in [3.63, 3.8) is 0 Å². The number of nitrogens with one attached hydrogen (secondary N) is 1. The first-order valence-corrected chi connectivity index (χ1v) is 11.1. The standard InChI is InChI=1S/C20H19N5O2S2/c1-2-27-10-5-8-24-14-7-4-3-6-13(14)21-19(24)22-17(26)16-12-15-18(29-16)23-20-25(15)9-11-28-20/h3-4,6-7,9,11-12H,2,5,8,10H2,1H3,(H,21,22,26). The molecule has 9 heteroatoms. The minimum Gasteiger partial charge on any atom is -0.382 e. The van der Waals surface area contributed by atoms with E-state index >= 15 is 0 Å². The summed E-state index contributed by atoms with van der Waals surface area (Å²) in [6.07, 6.45) is 2.82. The van der Waals surface area contributed by atoms with Crippen molar-refractivity contribution in [2.24, 2.45) is 0 Å². The number of aryl methyl sites for hydroxylation is 1. The van der Waals surface area contributed by atoms with Crippen LogP contribution in [0.4, 0.5) is 5.95 Å². The number of thiazole rings is 1. The number of imidazole rings is 2. The Labute approximate surface area is 174 Å². The Morgan fingerprint density at radius 3 is 3.03 bits per heavy atom. The molecular weight excluding hydrogens is 406 g/mol. The van der Waals surface area contributed by atoms with Crippen LogP contribution in [0.2, 0.25) is 0 Å². The zero-order valence-corrected chi connectivity index (χ0v) is 17.4. The molecule has 0 spiro atoms. The number of hydrogen-bond acceptors (Lipinski definition) is 6. The molecule has 5 aromatic rings. The summed E-state index contributed by atoms with van der Waals surface area (Å²) < 4.78 is 9.52. The van der Waals surface area contributed by atoms with Crippen molar-refractivity contribution >= 4 is 60.9 Å². The van der Waals surface area contributed by atoms with E-state index in [1.165, 1.54) is 11.3 Å². The molecule has 1 amide bonds. The van der Waals surface area contributed by atoms with Crippen LogP contribution in [0.15, 0.2) is 41.9 Å². The van der Waals surface area contributed by atoms with E-state index in [2.05, 4.69) is 15.3 Å². The lowest BCUT2D eigenvalue weighted by molar-refractivity contribution is 0.102. The molecule has 0 radical (unpaired) electrons. The Hall–Kier alpha value is -2.75. The van der Waals surface area contributed by atoms with Crippen LogP contribution in [0, 0.1) is 0 Å². The number of para-hydroxylation sites is 2. The second-order valence-corrected chi connectivity index (χ2v) is 8.45. The van der Waals surface area contributed by atoms with Crippen molar-refractivity contribution in [1.82, 2.24) is 18.9 Å². The van der Waals surface area contributed by atoms with Gasteiger partial charge in [-0.05, 0) is 31.5 Å². The first-order valence-electron chi connectivity index (χ1n) is 9.44. The van der Waals surface area contributed by atoms with Gasteiger partial charge in [0.15, 0.2) is 4.96 Å². The summed E-state index contributed by atoms with van der Waals surface area (Å²) in [6.45, 7) is 4.09. The third-order valence-electron chi connectivity index (χ3n) is 4.72. The van der Waals surface area contributed by atoms with Gasteiger partial charge in [-0.1, -0.05) is 12.1 Å². The van der Waals surface area contributed by atoms with E-state index in [4.69, 9.17) is 4.74 Å². The SMILES string of the molecule is CCOCCCn1c(NC(=O)c2cc3c(nc4sccn43)s2)nc2ccccc21. The summed E-state index contributed by atoms with van der Waals surface area (Å²) in [4.78, 5) is 24.6. The minimum absolute atomic E-state index is 0.168. The summed E-state index contributed by atoms with van der Waals surface area (Å²) in [5.74, 6) is 0.389. The number of ether oxygens (including phenoxy) is 1. The van der Waals surface area contributed by atoms with Crippen LogP contribution in [-0.4, -0.2) is 38.1 Å². The summed E-state index contributed by atoms with van der Waals surface area (Å²) in [5, 5.41) is 4.99. The quantitative estimate of drug-likeness (QED) is 0.386. The molecule has 0 aliphatic rings. The number of nitrogens with zero attached hydrogens (tertiary/aromatic N) is 4. The van der Waals surface area contributed by atoms with Gasteiger partial charge in [-0.15, -0.1) is 22.7 Å². The van der Waals surface area contributed by atoms with Crippen LogP contribution in [0.5, 0.6) is 0 Å². The molecule has 5 rings (SSSR count). The highest BCUT2D eigenvalue weighted by molar-refractivity contribution is 7.21. The van der Waals surface area contributed by atoms with Gasteiger partial charge in [0.05, 0.1) is 21.4 Å². The second-order valence-electron chi connectivity index (χ2n) is 6.55. The van der Waals surface area contributed by atoms with Crippen LogP contribution in [0.3, 0.4) is 0 Å². The van der Waals surface area contributed by atoms with E-state index in [0.29, 0.717) is 24.0 Å². The number of anilines is 1. The summed E-state index contributed by atoms with van der Waals surface area (Å²) in [7, 11) is 0. The molecule has 1 aromatic carbocycles. The maximum atomic E-state index is 12.9. The highest BCUT2D eigenvalue weighted by Gasteiger charge is 2.18. The van der Waals surface area contributed by atoms with Gasteiger partial charge >= 0.3 is 0 Å². The molecule has 0 aliphatic carbocycles. The zero-order valence-electron chi connectivity index (χ0n) is 15.8. The lowest BCUT2D eigenvalue weighted by atomic mass is 10.3. The van der Waals surface area contributed by atoms with Gasteiger partial charge in [-0.25, -0.2) is 9.97 Å². The van der Waals surface area contributed by atoms with Crippen LogP contribution in [0.1, 0.15) is 23.0 Å². The number of amides is 1. The first-order chi connectivity index (χ1) is 14.2. The van der Waals surface area contributed by atoms with E-state index in [1.807, 2.05) is 57.8 Å². The fourth-order valence-electron chi connectivity index (χ4n) is 3.39. The normalized spacial score (nSPS) is 11.8. The van der Waals surface area contributed by atoms with E-state index in [1.54, 1.807) is 11.3 Å². The van der Waals surface area contributed by atoms with Crippen molar-refractivity contribution in [2.45, 2.75) is 19.9 Å². The Kier molecular flexibility index (Phi) is 4.78. The monoisotopic (exact) mass is 425 g/mol. The Balaban J connectivity index is 1.44. The third-order valence-corrected chi connectivity index (χ3v) is 6.49. The second kappa shape index (κ2) is 7.58.